The van der Waals surface area contributed by atoms with Gasteiger partial charge in [-0.2, -0.15) is 0 Å². The zero-order chi connectivity index (χ0) is 20.2. The maximum Gasteiger partial charge on any atom is 0.336 e. The van der Waals surface area contributed by atoms with Crippen molar-refractivity contribution in [3.8, 4) is 11.4 Å². The van der Waals surface area contributed by atoms with Gasteiger partial charge in [0.2, 0.25) is 0 Å². The first-order valence-electron chi connectivity index (χ1n) is 8.97. The maximum atomic E-state index is 13.0. The second-order valence-corrected chi connectivity index (χ2v) is 6.34. The lowest BCUT2D eigenvalue weighted by Crippen LogP contribution is -2.19. The third-order valence-electron chi connectivity index (χ3n) is 4.39. The molecule has 4 nitrogen and oxygen atoms in total. The number of carbonyl (C=O) groups is 1. The van der Waals surface area contributed by atoms with Crippen molar-refractivity contribution < 1.29 is 13.9 Å². The van der Waals surface area contributed by atoms with Gasteiger partial charge in [-0.1, -0.05) is 42.5 Å². The molecule has 0 amide bonds. The van der Waals surface area contributed by atoms with Crippen molar-refractivity contribution in [1.82, 2.24) is 4.57 Å². The fourth-order valence-electron chi connectivity index (χ4n) is 3.06. The Balaban J connectivity index is 1.69. The standard InChI is InChI=1S/C24H16FNO3/c25-18-13-10-17(11-14-18)12-15-24(28)29-22-16-23(27)26(19-6-2-1-3-7-19)21-9-5-4-8-20(21)22/h1-16H/b15-12+. The van der Waals surface area contributed by atoms with Crippen molar-refractivity contribution in [2.45, 2.75) is 0 Å². The number of carbonyl (C=O) groups excluding carboxylic acids is 1. The van der Waals surface area contributed by atoms with Crippen LogP contribution in [0.2, 0.25) is 0 Å². The molecule has 0 aliphatic heterocycles. The molecule has 0 N–H and O–H groups in total. The molecule has 0 fully saturated rings. The number of nitrogens with zero attached hydrogens (tertiary/aromatic N) is 1. The number of rotatable bonds is 4. The number of benzene rings is 3. The summed E-state index contributed by atoms with van der Waals surface area (Å²) in [4.78, 5) is 25.0. The summed E-state index contributed by atoms with van der Waals surface area (Å²) in [6.07, 6.45) is 2.76. The van der Waals surface area contributed by atoms with Crippen LogP contribution in [0.4, 0.5) is 4.39 Å². The molecule has 4 rings (SSSR count). The molecule has 4 aromatic rings. The average molecular weight is 385 g/mol. The zero-order valence-corrected chi connectivity index (χ0v) is 15.3. The van der Waals surface area contributed by atoms with Crippen LogP contribution in [0, 0.1) is 5.82 Å². The molecule has 5 heteroatoms. The fourth-order valence-corrected chi connectivity index (χ4v) is 3.06. The highest BCUT2D eigenvalue weighted by atomic mass is 19.1. The molecule has 1 heterocycles. The number of esters is 1. The van der Waals surface area contributed by atoms with Crippen LogP contribution in [0.15, 0.2) is 95.8 Å². The topological polar surface area (TPSA) is 48.3 Å². The van der Waals surface area contributed by atoms with Crippen molar-refractivity contribution >= 4 is 22.9 Å². The highest BCUT2D eigenvalue weighted by Gasteiger charge is 2.13. The van der Waals surface area contributed by atoms with Gasteiger partial charge in [0.05, 0.1) is 5.52 Å². The van der Waals surface area contributed by atoms with Gasteiger partial charge in [-0.15, -0.1) is 0 Å². The van der Waals surface area contributed by atoms with Crippen LogP contribution in [-0.2, 0) is 4.79 Å². The van der Waals surface area contributed by atoms with E-state index in [1.54, 1.807) is 28.8 Å². The van der Waals surface area contributed by atoms with Gasteiger partial charge >= 0.3 is 5.97 Å². The molecule has 0 saturated heterocycles. The molecule has 0 radical (unpaired) electrons. The number of halogens is 1. The predicted molar refractivity (Wildman–Crippen MR) is 111 cm³/mol. The van der Waals surface area contributed by atoms with Gasteiger partial charge in [-0.3, -0.25) is 9.36 Å². The number of aromatic nitrogens is 1. The summed E-state index contributed by atoms with van der Waals surface area (Å²) in [7, 11) is 0. The Morgan fingerprint density at radius 2 is 1.59 bits per heavy atom. The van der Waals surface area contributed by atoms with Crippen molar-refractivity contribution in [2.24, 2.45) is 0 Å². The summed E-state index contributed by atoms with van der Waals surface area (Å²) in [5.74, 6) is -0.793. The molecule has 3 aromatic carbocycles. The summed E-state index contributed by atoms with van der Waals surface area (Å²) in [6, 6.07) is 23.5. The minimum atomic E-state index is -0.628. The lowest BCUT2D eigenvalue weighted by molar-refractivity contribution is -0.128. The van der Waals surface area contributed by atoms with E-state index in [4.69, 9.17) is 4.74 Å². The quantitative estimate of drug-likeness (QED) is 0.376. The van der Waals surface area contributed by atoms with Crippen LogP contribution in [0.5, 0.6) is 5.75 Å². The van der Waals surface area contributed by atoms with Gasteiger partial charge in [0.1, 0.15) is 11.6 Å². The Hall–Kier alpha value is -3.99. The van der Waals surface area contributed by atoms with Crippen LogP contribution in [0.1, 0.15) is 5.56 Å². The largest absolute Gasteiger partial charge is 0.422 e. The lowest BCUT2D eigenvalue weighted by Gasteiger charge is -2.13. The van der Waals surface area contributed by atoms with E-state index in [1.165, 1.54) is 30.4 Å². The fraction of sp³-hybridized carbons (Fsp3) is 0. The van der Waals surface area contributed by atoms with Crippen LogP contribution in [0.3, 0.4) is 0 Å². The van der Waals surface area contributed by atoms with E-state index < -0.39 is 5.97 Å². The molecule has 0 aliphatic rings. The van der Waals surface area contributed by atoms with Crippen LogP contribution in [0.25, 0.3) is 22.7 Å². The number of hydrogen-bond acceptors (Lipinski definition) is 3. The SMILES string of the molecule is O=C(/C=C/c1ccc(F)cc1)Oc1cc(=O)n(-c2ccccc2)c2ccccc12. The summed E-state index contributed by atoms with van der Waals surface area (Å²) in [5.41, 5.74) is 1.72. The predicted octanol–water partition coefficient (Wildman–Crippen LogP) is 4.75. The summed E-state index contributed by atoms with van der Waals surface area (Å²) < 4.78 is 20.0. The third kappa shape index (κ3) is 3.99. The van der Waals surface area contributed by atoms with E-state index in [-0.39, 0.29) is 17.1 Å². The molecular formula is C24H16FNO3. The minimum Gasteiger partial charge on any atom is -0.422 e. The molecular weight excluding hydrogens is 369 g/mol. The first-order valence-corrected chi connectivity index (χ1v) is 8.97. The Labute approximate surface area is 166 Å². The third-order valence-corrected chi connectivity index (χ3v) is 4.39. The molecule has 0 saturated carbocycles. The van der Waals surface area contributed by atoms with Crippen molar-refractivity contribution in [1.29, 1.82) is 0 Å². The van der Waals surface area contributed by atoms with Gasteiger partial charge < -0.3 is 4.74 Å². The van der Waals surface area contributed by atoms with Crippen LogP contribution in [-0.4, -0.2) is 10.5 Å². The van der Waals surface area contributed by atoms with Crippen molar-refractivity contribution in [3.05, 3.63) is 113 Å². The lowest BCUT2D eigenvalue weighted by atomic mass is 10.2. The van der Waals surface area contributed by atoms with Gasteiger partial charge in [0.15, 0.2) is 0 Å². The number of ether oxygens (including phenoxy) is 1. The van der Waals surface area contributed by atoms with E-state index in [9.17, 15) is 14.0 Å². The molecule has 1 aromatic heterocycles. The highest BCUT2D eigenvalue weighted by Crippen LogP contribution is 2.25. The van der Waals surface area contributed by atoms with E-state index in [1.807, 2.05) is 42.5 Å². The average Bonchev–Trinajstić information content (AvgIpc) is 2.74. The van der Waals surface area contributed by atoms with Crippen LogP contribution < -0.4 is 10.3 Å². The number of fused-ring (bicyclic) bond motifs is 1. The summed E-state index contributed by atoms with van der Waals surface area (Å²) >= 11 is 0. The Morgan fingerprint density at radius 1 is 0.897 bits per heavy atom. The second-order valence-electron chi connectivity index (χ2n) is 6.34. The molecule has 0 spiro atoms. The van der Waals surface area contributed by atoms with Gasteiger partial charge in [-0.05, 0) is 48.0 Å². The first-order chi connectivity index (χ1) is 14.1. The summed E-state index contributed by atoms with van der Waals surface area (Å²) in [5, 5.41) is 0.638. The summed E-state index contributed by atoms with van der Waals surface area (Å²) in [6.45, 7) is 0. The Kier molecular flexibility index (Phi) is 5.03. The van der Waals surface area contributed by atoms with E-state index in [0.29, 0.717) is 16.5 Å². The van der Waals surface area contributed by atoms with Crippen LogP contribution >= 0.6 is 0 Å². The number of pyridine rings is 1. The first kappa shape index (κ1) is 18.4. The monoisotopic (exact) mass is 385 g/mol. The van der Waals surface area contributed by atoms with Crippen molar-refractivity contribution in [3.63, 3.8) is 0 Å². The molecule has 0 atom stereocenters. The van der Waals surface area contributed by atoms with Gasteiger partial charge in [0.25, 0.3) is 5.56 Å². The Morgan fingerprint density at radius 3 is 2.34 bits per heavy atom. The maximum absolute atomic E-state index is 13.0. The smallest absolute Gasteiger partial charge is 0.336 e. The van der Waals surface area contributed by atoms with Gasteiger partial charge in [0, 0.05) is 23.2 Å². The molecule has 0 unspecified atom stereocenters. The molecule has 142 valence electrons. The zero-order valence-electron chi connectivity index (χ0n) is 15.3. The van der Waals surface area contributed by atoms with Crippen molar-refractivity contribution in [2.75, 3.05) is 0 Å². The highest BCUT2D eigenvalue weighted by molar-refractivity contribution is 5.93. The number of hydrogen-bond donors (Lipinski definition) is 0. The molecule has 29 heavy (non-hydrogen) atoms. The number of para-hydroxylation sites is 2. The molecule has 0 aliphatic carbocycles. The van der Waals surface area contributed by atoms with E-state index in [2.05, 4.69) is 0 Å². The normalized spacial score (nSPS) is 11.1. The Bertz CT molecular complexity index is 1260. The van der Waals surface area contributed by atoms with E-state index >= 15 is 0 Å². The van der Waals surface area contributed by atoms with Gasteiger partial charge in [-0.25, -0.2) is 9.18 Å². The minimum absolute atomic E-state index is 0.187. The molecule has 0 bridgehead atoms. The van der Waals surface area contributed by atoms with E-state index in [0.717, 1.165) is 5.69 Å². The second kappa shape index (κ2) is 7.94.